The van der Waals surface area contributed by atoms with Crippen LogP contribution in [0.5, 0.6) is 0 Å². The molecule has 28 heavy (non-hydrogen) atoms. The van der Waals surface area contributed by atoms with Crippen molar-refractivity contribution in [3.63, 3.8) is 0 Å². The van der Waals surface area contributed by atoms with Gasteiger partial charge in [0.1, 0.15) is 0 Å². The van der Waals surface area contributed by atoms with Crippen molar-refractivity contribution in [2.24, 2.45) is 0 Å². The van der Waals surface area contributed by atoms with E-state index in [0.717, 1.165) is 44.1 Å². The predicted octanol–water partition coefficient (Wildman–Crippen LogP) is 4.41. The molecule has 3 aromatic heterocycles. The van der Waals surface area contributed by atoms with Crippen molar-refractivity contribution >= 4 is 34.6 Å². The van der Waals surface area contributed by atoms with Crippen molar-refractivity contribution in [1.29, 1.82) is 0 Å². The van der Waals surface area contributed by atoms with Crippen molar-refractivity contribution < 1.29 is 0 Å². The first kappa shape index (κ1) is 18.8. The lowest BCUT2D eigenvalue weighted by Gasteiger charge is -2.09. The molecular formula is C20H18N6S2. The van der Waals surface area contributed by atoms with E-state index in [0.29, 0.717) is 11.5 Å². The average Bonchev–Trinajstić information content (AvgIpc) is 2.70. The minimum Gasteiger partial charge on any atom is -0.248 e. The summed E-state index contributed by atoms with van der Waals surface area (Å²) in [5, 5.41) is 1.49. The van der Waals surface area contributed by atoms with Crippen molar-refractivity contribution in [1.82, 2.24) is 29.9 Å². The second-order valence-electron chi connectivity index (χ2n) is 6.14. The van der Waals surface area contributed by atoms with Gasteiger partial charge in [-0.25, -0.2) is 29.9 Å². The smallest absolute Gasteiger partial charge is 0.188 e. The standard InChI is InChI=1S/C20H18N6S2/c1-13-7-9-21-19(23-13)27-11-17-18(12-28-20-22-10-8-14(2)24-20)26-16-6-4-3-5-15(16)25-17/h3-10H,11-12H2,1-2H3. The van der Waals surface area contributed by atoms with E-state index in [1.165, 1.54) is 0 Å². The van der Waals surface area contributed by atoms with E-state index in [1.54, 1.807) is 35.9 Å². The van der Waals surface area contributed by atoms with Crippen LogP contribution in [0.15, 0.2) is 59.1 Å². The summed E-state index contributed by atoms with van der Waals surface area (Å²) in [4.78, 5) is 27.3. The number of aromatic nitrogens is 6. The van der Waals surface area contributed by atoms with Crippen LogP contribution >= 0.6 is 23.5 Å². The highest BCUT2D eigenvalue weighted by atomic mass is 32.2. The largest absolute Gasteiger partial charge is 0.248 e. The molecular weight excluding hydrogens is 388 g/mol. The molecule has 1 aromatic carbocycles. The Morgan fingerprint density at radius 3 is 1.54 bits per heavy atom. The van der Waals surface area contributed by atoms with Gasteiger partial charge in [0.05, 0.1) is 22.4 Å². The Morgan fingerprint density at radius 2 is 1.11 bits per heavy atom. The summed E-state index contributed by atoms with van der Waals surface area (Å²) in [6, 6.07) is 11.7. The first-order valence-corrected chi connectivity index (χ1v) is 10.7. The van der Waals surface area contributed by atoms with Gasteiger partial charge in [-0.15, -0.1) is 0 Å². The van der Waals surface area contributed by atoms with Gasteiger partial charge in [-0.05, 0) is 38.1 Å². The fourth-order valence-corrected chi connectivity index (χ4v) is 4.24. The molecule has 0 atom stereocenters. The molecule has 0 saturated heterocycles. The van der Waals surface area contributed by atoms with Crippen LogP contribution in [0.1, 0.15) is 22.8 Å². The summed E-state index contributed by atoms with van der Waals surface area (Å²) >= 11 is 3.14. The maximum absolute atomic E-state index is 4.85. The van der Waals surface area contributed by atoms with Gasteiger partial charge in [-0.1, -0.05) is 35.7 Å². The molecule has 0 aliphatic rings. The van der Waals surface area contributed by atoms with E-state index in [-0.39, 0.29) is 0 Å². The Morgan fingerprint density at radius 1 is 0.643 bits per heavy atom. The lowest BCUT2D eigenvalue weighted by Crippen LogP contribution is -2.02. The van der Waals surface area contributed by atoms with Crippen LogP contribution in [-0.4, -0.2) is 29.9 Å². The average molecular weight is 407 g/mol. The lowest BCUT2D eigenvalue weighted by molar-refractivity contribution is 0.926. The SMILES string of the molecule is Cc1ccnc(SCc2nc3ccccc3nc2CSc2nccc(C)n2)n1. The number of thioether (sulfide) groups is 2. The van der Waals surface area contributed by atoms with Gasteiger partial charge >= 0.3 is 0 Å². The number of benzene rings is 1. The molecule has 4 rings (SSSR count). The van der Waals surface area contributed by atoms with Crippen LogP contribution in [-0.2, 0) is 11.5 Å². The highest BCUT2D eigenvalue weighted by Gasteiger charge is 2.12. The fourth-order valence-electron chi connectivity index (χ4n) is 2.56. The Kier molecular flexibility index (Phi) is 5.78. The topological polar surface area (TPSA) is 77.3 Å². The van der Waals surface area contributed by atoms with Crippen molar-refractivity contribution in [3.05, 3.63) is 71.6 Å². The number of para-hydroxylation sites is 2. The van der Waals surface area contributed by atoms with Crippen molar-refractivity contribution in [3.8, 4) is 0 Å². The Balaban J connectivity index is 1.60. The van der Waals surface area contributed by atoms with Crippen LogP contribution in [0.2, 0.25) is 0 Å². The second kappa shape index (κ2) is 8.62. The zero-order valence-electron chi connectivity index (χ0n) is 15.5. The zero-order chi connectivity index (χ0) is 19.3. The zero-order valence-corrected chi connectivity index (χ0v) is 17.2. The number of aryl methyl sites for hydroxylation is 2. The minimum atomic E-state index is 0.659. The molecule has 0 bridgehead atoms. The first-order chi connectivity index (χ1) is 13.7. The maximum atomic E-state index is 4.85. The van der Waals surface area contributed by atoms with Crippen molar-refractivity contribution in [2.45, 2.75) is 35.7 Å². The molecule has 0 aliphatic carbocycles. The predicted molar refractivity (Wildman–Crippen MR) is 112 cm³/mol. The number of hydrogen-bond acceptors (Lipinski definition) is 8. The third kappa shape index (κ3) is 4.63. The molecule has 0 spiro atoms. The molecule has 8 heteroatoms. The Hall–Kier alpha value is -2.58. The molecule has 0 fully saturated rings. The van der Waals surface area contributed by atoms with Crippen LogP contribution in [0.4, 0.5) is 0 Å². The van der Waals surface area contributed by atoms with Gasteiger partial charge in [0.25, 0.3) is 0 Å². The first-order valence-electron chi connectivity index (χ1n) is 8.77. The quantitative estimate of drug-likeness (QED) is 0.344. The third-order valence-electron chi connectivity index (χ3n) is 3.95. The normalized spacial score (nSPS) is 11.1. The van der Waals surface area contributed by atoms with Gasteiger partial charge in [0.15, 0.2) is 10.3 Å². The molecule has 0 radical (unpaired) electrons. The lowest BCUT2D eigenvalue weighted by atomic mass is 10.2. The number of rotatable bonds is 6. The Labute approximate surface area is 171 Å². The third-order valence-corrected chi connectivity index (χ3v) is 5.69. The van der Waals surface area contributed by atoms with E-state index >= 15 is 0 Å². The maximum Gasteiger partial charge on any atom is 0.188 e. The molecule has 140 valence electrons. The highest BCUT2D eigenvalue weighted by molar-refractivity contribution is 7.98. The van der Waals surface area contributed by atoms with Gasteiger partial charge < -0.3 is 0 Å². The summed E-state index contributed by atoms with van der Waals surface area (Å²) in [6.07, 6.45) is 3.56. The summed E-state index contributed by atoms with van der Waals surface area (Å²) < 4.78 is 0. The summed E-state index contributed by atoms with van der Waals surface area (Å²) in [5.41, 5.74) is 5.57. The molecule has 0 unspecified atom stereocenters. The minimum absolute atomic E-state index is 0.659. The van der Waals surface area contributed by atoms with Gasteiger partial charge in [-0.2, -0.15) is 0 Å². The number of fused-ring (bicyclic) bond motifs is 1. The summed E-state index contributed by atoms with van der Waals surface area (Å²) in [7, 11) is 0. The van der Waals surface area contributed by atoms with Crippen LogP contribution in [0, 0.1) is 13.8 Å². The van der Waals surface area contributed by atoms with E-state index in [2.05, 4.69) is 19.9 Å². The number of hydrogen-bond donors (Lipinski definition) is 0. The highest BCUT2D eigenvalue weighted by Crippen LogP contribution is 2.26. The van der Waals surface area contributed by atoms with E-state index in [9.17, 15) is 0 Å². The Bertz CT molecular complexity index is 1030. The second-order valence-corrected chi connectivity index (χ2v) is 8.03. The summed E-state index contributed by atoms with van der Waals surface area (Å²) in [5.74, 6) is 1.32. The fraction of sp³-hybridized carbons (Fsp3) is 0.200. The van der Waals surface area contributed by atoms with E-state index in [1.807, 2.05) is 50.2 Å². The molecule has 0 amide bonds. The van der Waals surface area contributed by atoms with Gasteiger partial charge in [-0.3, -0.25) is 0 Å². The van der Waals surface area contributed by atoms with E-state index in [4.69, 9.17) is 9.97 Å². The van der Waals surface area contributed by atoms with Crippen molar-refractivity contribution in [2.75, 3.05) is 0 Å². The van der Waals surface area contributed by atoms with Crippen LogP contribution in [0.25, 0.3) is 11.0 Å². The van der Waals surface area contributed by atoms with Crippen LogP contribution in [0.3, 0.4) is 0 Å². The van der Waals surface area contributed by atoms with E-state index < -0.39 is 0 Å². The number of nitrogens with zero attached hydrogens (tertiary/aromatic N) is 6. The van der Waals surface area contributed by atoms with Crippen LogP contribution < -0.4 is 0 Å². The van der Waals surface area contributed by atoms with Gasteiger partial charge in [0.2, 0.25) is 0 Å². The molecule has 0 N–H and O–H groups in total. The van der Waals surface area contributed by atoms with Gasteiger partial charge in [0, 0.05) is 35.3 Å². The monoisotopic (exact) mass is 406 g/mol. The molecule has 0 saturated carbocycles. The molecule has 4 aromatic rings. The molecule has 6 nitrogen and oxygen atoms in total. The molecule has 3 heterocycles. The molecule has 0 aliphatic heterocycles. The summed E-state index contributed by atoms with van der Waals surface area (Å²) in [6.45, 7) is 3.93.